The summed E-state index contributed by atoms with van der Waals surface area (Å²) in [7, 11) is 0. The summed E-state index contributed by atoms with van der Waals surface area (Å²) in [5.74, 6) is 0.785. The number of alkyl halides is 2. The van der Waals surface area contributed by atoms with Crippen LogP contribution in [0.15, 0.2) is 0 Å². The van der Waals surface area contributed by atoms with Gasteiger partial charge in [0.15, 0.2) is 0 Å². The third-order valence-electron chi connectivity index (χ3n) is 4.68. The molecule has 0 aliphatic heterocycles. The molecule has 0 radical (unpaired) electrons. The van der Waals surface area contributed by atoms with E-state index in [0.29, 0.717) is 5.92 Å². The van der Waals surface area contributed by atoms with Crippen LogP contribution in [0.1, 0.15) is 32.1 Å². The standard InChI is InChI=1S/C11H17F2N/c12-10(13)9-7-1-6-2-8(9)5-11(14,3-6)4-7/h6-10H,1-5,14H2/t6?,7-,8?,9?,11?/m0/s1. The molecule has 4 saturated carbocycles. The van der Waals surface area contributed by atoms with Gasteiger partial charge in [-0.1, -0.05) is 0 Å². The number of nitrogens with two attached hydrogens (primary N) is 1. The van der Waals surface area contributed by atoms with Crippen LogP contribution < -0.4 is 5.73 Å². The molecule has 2 N–H and O–H groups in total. The zero-order chi connectivity index (χ0) is 9.92. The Kier molecular flexibility index (Phi) is 1.74. The molecule has 4 bridgehead atoms. The van der Waals surface area contributed by atoms with E-state index in [1.165, 1.54) is 0 Å². The average Bonchev–Trinajstić information content (AvgIpc) is 1.97. The van der Waals surface area contributed by atoms with Crippen LogP contribution in [0.4, 0.5) is 8.78 Å². The molecule has 14 heavy (non-hydrogen) atoms. The van der Waals surface area contributed by atoms with E-state index in [1.54, 1.807) is 0 Å². The van der Waals surface area contributed by atoms with E-state index < -0.39 is 6.43 Å². The van der Waals surface area contributed by atoms with Gasteiger partial charge in [-0.05, 0) is 49.9 Å². The predicted molar refractivity (Wildman–Crippen MR) is 50.0 cm³/mol. The SMILES string of the molecule is NC12CC3CC(C1)C(C(F)F)[C@@H](C3)C2. The molecule has 4 fully saturated rings. The number of hydrogen-bond donors (Lipinski definition) is 1. The summed E-state index contributed by atoms with van der Waals surface area (Å²) in [6.07, 6.45) is 2.73. The number of halogens is 2. The minimum absolute atomic E-state index is 0.0676. The van der Waals surface area contributed by atoms with Crippen LogP contribution in [-0.2, 0) is 0 Å². The summed E-state index contributed by atoms with van der Waals surface area (Å²) in [5, 5.41) is 0. The molecule has 3 heteroatoms. The average molecular weight is 201 g/mol. The summed E-state index contributed by atoms with van der Waals surface area (Å²) in [6, 6.07) is 0. The minimum atomic E-state index is -2.12. The molecule has 5 atom stereocenters. The van der Waals surface area contributed by atoms with Crippen LogP contribution in [0, 0.1) is 23.7 Å². The van der Waals surface area contributed by atoms with E-state index >= 15 is 0 Å². The van der Waals surface area contributed by atoms with Gasteiger partial charge in [0.2, 0.25) is 6.43 Å². The summed E-state index contributed by atoms with van der Waals surface area (Å²) in [6.45, 7) is 0. The number of hydrogen-bond acceptors (Lipinski definition) is 1. The lowest BCUT2D eigenvalue weighted by Crippen LogP contribution is -2.60. The van der Waals surface area contributed by atoms with Crippen LogP contribution in [0.2, 0.25) is 0 Å². The van der Waals surface area contributed by atoms with Crippen molar-refractivity contribution in [2.24, 2.45) is 29.4 Å². The normalized spacial score (nSPS) is 55.7. The lowest BCUT2D eigenvalue weighted by molar-refractivity contribution is -0.110. The molecule has 0 aromatic rings. The first kappa shape index (κ1) is 9.08. The van der Waals surface area contributed by atoms with Crippen LogP contribution in [0.25, 0.3) is 0 Å². The van der Waals surface area contributed by atoms with Crippen molar-refractivity contribution < 1.29 is 8.78 Å². The van der Waals surface area contributed by atoms with Crippen molar-refractivity contribution in [2.45, 2.75) is 44.1 Å². The van der Waals surface area contributed by atoms with Gasteiger partial charge in [0.1, 0.15) is 0 Å². The third kappa shape index (κ3) is 1.14. The van der Waals surface area contributed by atoms with Crippen molar-refractivity contribution in [1.82, 2.24) is 0 Å². The fourth-order valence-electron chi connectivity index (χ4n) is 4.54. The number of rotatable bonds is 1. The van der Waals surface area contributed by atoms with Crippen molar-refractivity contribution in [2.75, 3.05) is 0 Å². The molecule has 0 aromatic heterocycles. The monoisotopic (exact) mass is 201 g/mol. The molecule has 0 spiro atoms. The third-order valence-corrected chi connectivity index (χ3v) is 4.68. The van der Waals surface area contributed by atoms with Crippen LogP contribution in [0.5, 0.6) is 0 Å². The molecule has 1 nitrogen and oxygen atoms in total. The highest BCUT2D eigenvalue weighted by Gasteiger charge is 2.55. The quantitative estimate of drug-likeness (QED) is 0.692. The maximum atomic E-state index is 12.9. The van der Waals surface area contributed by atoms with Gasteiger partial charge in [0.25, 0.3) is 0 Å². The molecule has 0 aromatic carbocycles. The second-order valence-electron chi connectivity index (χ2n) is 5.74. The molecule has 4 aliphatic rings. The molecule has 0 heterocycles. The van der Waals surface area contributed by atoms with Crippen molar-refractivity contribution in [1.29, 1.82) is 0 Å². The largest absolute Gasteiger partial charge is 0.325 e. The Morgan fingerprint density at radius 3 is 2.07 bits per heavy atom. The van der Waals surface area contributed by atoms with E-state index in [-0.39, 0.29) is 23.3 Å². The zero-order valence-electron chi connectivity index (χ0n) is 8.26. The molecule has 0 amide bonds. The first-order chi connectivity index (χ1) is 6.57. The van der Waals surface area contributed by atoms with Crippen molar-refractivity contribution >= 4 is 0 Å². The zero-order valence-corrected chi connectivity index (χ0v) is 8.26. The van der Waals surface area contributed by atoms with Crippen molar-refractivity contribution in [3.8, 4) is 0 Å². The first-order valence-electron chi connectivity index (χ1n) is 5.64. The van der Waals surface area contributed by atoms with E-state index in [1.807, 2.05) is 0 Å². The molecule has 4 unspecified atom stereocenters. The van der Waals surface area contributed by atoms with E-state index in [0.717, 1.165) is 32.1 Å². The van der Waals surface area contributed by atoms with E-state index in [9.17, 15) is 8.78 Å². The molecule has 4 aliphatic carbocycles. The van der Waals surface area contributed by atoms with Crippen LogP contribution in [-0.4, -0.2) is 12.0 Å². The van der Waals surface area contributed by atoms with Gasteiger partial charge < -0.3 is 5.73 Å². The van der Waals surface area contributed by atoms with Gasteiger partial charge >= 0.3 is 0 Å². The smallest absolute Gasteiger partial charge is 0.241 e. The Hall–Kier alpha value is -0.180. The van der Waals surface area contributed by atoms with E-state index in [2.05, 4.69) is 0 Å². The second-order valence-corrected chi connectivity index (χ2v) is 5.74. The van der Waals surface area contributed by atoms with Gasteiger partial charge in [-0.25, -0.2) is 8.78 Å². The topological polar surface area (TPSA) is 26.0 Å². The van der Waals surface area contributed by atoms with E-state index in [4.69, 9.17) is 5.73 Å². The Morgan fingerprint density at radius 1 is 1.07 bits per heavy atom. The Morgan fingerprint density at radius 2 is 1.64 bits per heavy atom. The first-order valence-corrected chi connectivity index (χ1v) is 5.64. The van der Waals surface area contributed by atoms with Gasteiger partial charge in [0, 0.05) is 11.5 Å². The Bertz CT molecular complexity index is 238. The summed E-state index contributed by atoms with van der Waals surface area (Å²) < 4.78 is 25.7. The van der Waals surface area contributed by atoms with Crippen LogP contribution in [0.3, 0.4) is 0 Å². The van der Waals surface area contributed by atoms with Gasteiger partial charge in [-0.2, -0.15) is 0 Å². The highest BCUT2D eigenvalue weighted by molar-refractivity contribution is 5.08. The summed E-state index contributed by atoms with van der Waals surface area (Å²) in [4.78, 5) is 0. The highest BCUT2D eigenvalue weighted by atomic mass is 19.3. The van der Waals surface area contributed by atoms with Crippen molar-refractivity contribution in [3.63, 3.8) is 0 Å². The molecular formula is C11H17F2N. The summed E-state index contributed by atoms with van der Waals surface area (Å²) >= 11 is 0. The second kappa shape index (κ2) is 2.69. The maximum Gasteiger partial charge on any atom is 0.241 e. The highest BCUT2D eigenvalue weighted by Crippen LogP contribution is 2.58. The van der Waals surface area contributed by atoms with Crippen LogP contribution >= 0.6 is 0 Å². The predicted octanol–water partition coefficient (Wildman–Crippen LogP) is 2.41. The van der Waals surface area contributed by atoms with Gasteiger partial charge in [-0.15, -0.1) is 0 Å². The van der Waals surface area contributed by atoms with Gasteiger partial charge in [0.05, 0.1) is 0 Å². The maximum absolute atomic E-state index is 12.9. The Balaban J connectivity index is 1.89. The summed E-state index contributed by atoms with van der Waals surface area (Å²) in [5.41, 5.74) is 6.17. The minimum Gasteiger partial charge on any atom is -0.325 e. The van der Waals surface area contributed by atoms with Crippen molar-refractivity contribution in [3.05, 3.63) is 0 Å². The fraction of sp³-hybridized carbons (Fsp3) is 1.00. The molecule has 0 saturated heterocycles. The molecule has 80 valence electrons. The molecule has 4 rings (SSSR count). The lowest BCUT2D eigenvalue weighted by Gasteiger charge is -2.58. The molecular weight excluding hydrogens is 184 g/mol. The lowest BCUT2D eigenvalue weighted by atomic mass is 9.49. The Labute approximate surface area is 83.0 Å². The van der Waals surface area contributed by atoms with Gasteiger partial charge in [-0.3, -0.25) is 0 Å². The fourth-order valence-corrected chi connectivity index (χ4v) is 4.54.